The van der Waals surface area contributed by atoms with Crippen molar-refractivity contribution in [2.24, 2.45) is 0 Å². The Bertz CT molecular complexity index is 1440. The topological polar surface area (TPSA) is 112 Å². The molecule has 2 amide bonds. The van der Waals surface area contributed by atoms with Gasteiger partial charge in [0.2, 0.25) is 5.91 Å². The fraction of sp³-hybridized carbons (Fsp3) is 0.200. The molecule has 2 N–H and O–H groups in total. The van der Waals surface area contributed by atoms with Gasteiger partial charge in [-0.2, -0.15) is 4.68 Å². The summed E-state index contributed by atoms with van der Waals surface area (Å²) >= 11 is 2.33. The Kier molecular flexibility index (Phi) is 8.24. The van der Waals surface area contributed by atoms with Crippen LogP contribution in [0.25, 0.3) is 10.9 Å². The van der Waals surface area contributed by atoms with Crippen LogP contribution in [0.3, 0.4) is 0 Å². The van der Waals surface area contributed by atoms with E-state index in [1.165, 1.54) is 11.3 Å². The fourth-order valence-corrected chi connectivity index (χ4v) is 4.83. The normalized spacial score (nSPS) is 10.7. The lowest BCUT2D eigenvalue weighted by atomic mass is 10.1. The number of thiophene rings is 1. The van der Waals surface area contributed by atoms with Crippen LogP contribution in [0.5, 0.6) is 11.5 Å². The Hall–Kier alpha value is -3.83. The summed E-state index contributed by atoms with van der Waals surface area (Å²) in [5.74, 6) is 0.638. The number of nitrogens with one attached hydrogen (secondary N) is 2. The number of nitrogens with zero attached hydrogens (tertiary/aromatic N) is 2. The third kappa shape index (κ3) is 5.86. The first kappa shape index (κ1) is 25.3. The molecule has 0 unspecified atom stereocenters. The first-order valence-corrected chi connectivity index (χ1v) is 12.8. The molecule has 0 saturated heterocycles. The van der Waals surface area contributed by atoms with E-state index in [0.29, 0.717) is 40.2 Å². The summed E-state index contributed by atoms with van der Waals surface area (Å²) in [6.45, 7) is 0.419. The number of methoxy groups -OCH3 is 2. The van der Waals surface area contributed by atoms with Crippen LogP contribution in [0.2, 0.25) is 0 Å². The van der Waals surface area contributed by atoms with Gasteiger partial charge in [0.25, 0.3) is 11.5 Å². The van der Waals surface area contributed by atoms with E-state index in [9.17, 15) is 14.4 Å². The van der Waals surface area contributed by atoms with Crippen molar-refractivity contribution in [3.05, 3.63) is 80.8 Å². The highest BCUT2D eigenvalue weighted by molar-refractivity contribution is 7.99. The number of thioether (sulfide) groups is 1. The number of fused-ring (bicyclic) bond motifs is 1. The van der Waals surface area contributed by atoms with E-state index in [4.69, 9.17) is 9.47 Å². The van der Waals surface area contributed by atoms with Gasteiger partial charge in [-0.05, 0) is 47.7 Å². The molecule has 36 heavy (non-hydrogen) atoms. The number of hydrogen-bond acceptors (Lipinski definition) is 8. The third-order valence-corrected chi connectivity index (χ3v) is 7.03. The van der Waals surface area contributed by atoms with Gasteiger partial charge in [-0.1, -0.05) is 36.0 Å². The monoisotopic (exact) mass is 524 g/mol. The minimum Gasteiger partial charge on any atom is -0.493 e. The number of rotatable bonds is 10. The molecule has 9 nitrogen and oxygen atoms in total. The molecule has 0 spiro atoms. The summed E-state index contributed by atoms with van der Waals surface area (Å²) in [4.78, 5) is 43.2. The van der Waals surface area contributed by atoms with Crippen molar-refractivity contribution in [1.29, 1.82) is 0 Å². The van der Waals surface area contributed by atoms with Gasteiger partial charge < -0.3 is 14.8 Å². The smallest absolute Gasteiger partial charge is 0.281 e. The molecule has 2 aromatic carbocycles. The second kappa shape index (κ2) is 11.7. The predicted molar refractivity (Wildman–Crippen MR) is 141 cm³/mol. The molecule has 0 fully saturated rings. The predicted octanol–water partition coefficient (Wildman–Crippen LogP) is 3.31. The van der Waals surface area contributed by atoms with Crippen LogP contribution in [0.15, 0.2) is 69.9 Å². The second-order valence-corrected chi connectivity index (χ2v) is 9.44. The van der Waals surface area contributed by atoms with Gasteiger partial charge >= 0.3 is 0 Å². The van der Waals surface area contributed by atoms with E-state index < -0.39 is 11.5 Å². The molecular weight excluding hydrogens is 500 g/mol. The Morgan fingerprint density at radius 1 is 1.06 bits per heavy atom. The molecule has 0 radical (unpaired) electrons. The van der Waals surface area contributed by atoms with Gasteiger partial charge in [-0.25, -0.2) is 4.98 Å². The molecule has 11 heteroatoms. The number of para-hydroxylation sites is 1. The molecular formula is C25H24N4O5S2. The average Bonchev–Trinajstić information content (AvgIpc) is 3.44. The number of aromatic nitrogens is 2. The maximum absolute atomic E-state index is 13.1. The Balaban J connectivity index is 1.43. The first-order chi connectivity index (χ1) is 17.5. The van der Waals surface area contributed by atoms with Crippen LogP contribution in [0.1, 0.15) is 15.2 Å². The third-order valence-electron chi connectivity index (χ3n) is 5.22. The van der Waals surface area contributed by atoms with Crippen molar-refractivity contribution in [3.63, 3.8) is 0 Å². The van der Waals surface area contributed by atoms with Gasteiger partial charge in [-0.3, -0.25) is 19.8 Å². The molecule has 4 aromatic rings. The largest absolute Gasteiger partial charge is 0.493 e. The number of amides is 2. The first-order valence-electron chi connectivity index (χ1n) is 11.0. The van der Waals surface area contributed by atoms with Crippen molar-refractivity contribution in [3.8, 4) is 11.5 Å². The van der Waals surface area contributed by atoms with Crippen LogP contribution in [0, 0.1) is 0 Å². The maximum Gasteiger partial charge on any atom is 0.281 e. The van der Waals surface area contributed by atoms with Gasteiger partial charge in [0, 0.05) is 6.54 Å². The zero-order chi connectivity index (χ0) is 25.5. The lowest BCUT2D eigenvalue weighted by molar-refractivity contribution is -0.118. The van der Waals surface area contributed by atoms with Crippen molar-refractivity contribution < 1.29 is 19.1 Å². The average molecular weight is 525 g/mol. The fourth-order valence-electron chi connectivity index (χ4n) is 3.44. The van der Waals surface area contributed by atoms with E-state index in [2.05, 4.69) is 15.7 Å². The van der Waals surface area contributed by atoms with Gasteiger partial charge in [-0.15, -0.1) is 11.3 Å². The SMILES string of the molecule is COc1ccc(CCNC(=O)CSc2nc3ccccc3c(=O)n2NC(=O)c2cccs2)cc1OC. The molecule has 2 heterocycles. The molecule has 0 aliphatic carbocycles. The van der Waals surface area contributed by atoms with E-state index in [-0.39, 0.29) is 16.8 Å². The van der Waals surface area contributed by atoms with Crippen LogP contribution in [0.4, 0.5) is 0 Å². The quantitative estimate of drug-likeness (QED) is 0.242. The molecule has 0 atom stereocenters. The lowest BCUT2D eigenvalue weighted by Crippen LogP contribution is -2.35. The zero-order valence-electron chi connectivity index (χ0n) is 19.6. The number of ether oxygens (including phenoxy) is 2. The summed E-state index contributed by atoms with van der Waals surface area (Å²) in [6.07, 6.45) is 0.604. The van der Waals surface area contributed by atoms with Crippen molar-refractivity contribution in [2.45, 2.75) is 11.6 Å². The van der Waals surface area contributed by atoms with Crippen LogP contribution >= 0.6 is 23.1 Å². The van der Waals surface area contributed by atoms with Crippen LogP contribution < -0.4 is 25.8 Å². The Labute approximate surface area is 215 Å². The van der Waals surface area contributed by atoms with E-state index in [1.807, 2.05) is 18.2 Å². The van der Waals surface area contributed by atoms with Crippen LogP contribution in [-0.2, 0) is 11.2 Å². The molecule has 2 aromatic heterocycles. The number of carbonyl (C=O) groups excluding carboxylic acids is 2. The van der Waals surface area contributed by atoms with E-state index in [0.717, 1.165) is 22.0 Å². The molecule has 4 rings (SSSR count). The minimum absolute atomic E-state index is 0.0194. The summed E-state index contributed by atoms with van der Waals surface area (Å²) < 4.78 is 11.7. The molecule has 0 saturated carbocycles. The number of hydrogen-bond donors (Lipinski definition) is 2. The molecule has 186 valence electrons. The van der Waals surface area contributed by atoms with Crippen molar-refractivity contribution in [1.82, 2.24) is 15.0 Å². The number of benzene rings is 2. The van der Waals surface area contributed by atoms with Crippen molar-refractivity contribution in [2.75, 3.05) is 31.9 Å². The summed E-state index contributed by atoms with van der Waals surface area (Å²) in [7, 11) is 3.15. The van der Waals surface area contributed by atoms with Gasteiger partial charge in [0.05, 0.1) is 35.8 Å². The highest BCUT2D eigenvalue weighted by Crippen LogP contribution is 2.27. The molecule has 0 bridgehead atoms. The number of carbonyl (C=O) groups is 2. The highest BCUT2D eigenvalue weighted by Gasteiger charge is 2.16. The summed E-state index contributed by atoms with van der Waals surface area (Å²) in [5.41, 5.74) is 3.68. The standard InChI is InChI=1S/C25H24N4O5S2/c1-33-19-10-9-16(14-20(19)34-2)11-12-26-22(30)15-36-25-27-18-7-4-3-6-17(18)24(32)29(25)28-23(31)21-8-5-13-35-21/h3-10,13-14H,11-12,15H2,1-2H3,(H,26,30)(H,28,31). The van der Waals surface area contributed by atoms with E-state index >= 15 is 0 Å². The molecule has 0 aliphatic rings. The van der Waals surface area contributed by atoms with Gasteiger partial charge in [0.15, 0.2) is 16.7 Å². The summed E-state index contributed by atoms with van der Waals surface area (Å²) in [6, 6.07) is 15.9. The second-order valence-electron chi connectivity index (χ2n) is 7.55. The maximum atomic E-state index is 13.1. The lowest BCUT2D eigenvalue weighted by Gasteiger charge is -2.13. The van der Waals surface area contributed by atoms with Crippen LogP contribution in [-0.4, -0.2) is 48.0 Å². The Morgan fingerprint density at radius 2 is 1.86 bits per heavy atom. The van der Waals surface area contributed by atoms with E-state index in [1.54, 1.807) is 56.0 Å². The Morgan fingerprint density at radius 3 is 2.61 bits per heavy atom. The zero-order valence-corrected chi connectivity index (χ0v) is 21.3. The summed E-state index contributed by atoms with van der Waals surface area (Å²) in [5, 5.41) is 5.23. The molecule has 0 aliphatic heterocycles. The van der Waals surface area contributed by atoms with Gasteiger partial charge in [0.1, 0.15) is 0 Å². The highest BCUT2D eigenvalue weighted by atomic mass is 32.2. The van der Waals surface area contributed by atoms with Crippen molar-refractivity contribution >= 4 is 45.8 Å². The minimum atomic E-state index is -0.426.